The standard InChI is InChI=1S/C15H15NO5S3/c1-23-5-4-10(14(20)21)16-13(19)12(24-15(16)22)6-8-2-3-9(17)7-11(8)18/h2-3,6-7,10,17-18H,4-5H2,1H3,(H,20,21)/p-1/b12-6+/t10-/m1/s1. The number of nitrogens with zero attached hydrogens (tertiary/aromatic N) is 1. The SMILES string of the molecule is CSCC[C@H](C(=O)[O-])N1C(=O)/C(=C\c2ccc(O)cc2O)SC1=S. The van der Waals surface area contributed by atoms with E-state index in [0.29, 0.717) is 11.3 Å². The molecule has 1 atom stereocenters. The van der Waals surface area contributed by atoms with Gasteiger partial charge in [0.2, 0.25) is 0 Å². The summed E-state index contributed by atoms with van der Waals surface area (Å²) in [5.74, 6) is -1.64. The number of carbonyl (C=O) groups is 2. The van der Waals surface area contributed by atoms with E-state index in [4.69, 9.17) is 12.2 Å². The van der Waals surface area contributed by atoms with E-state index in [1.165, 1.54) is 30.0 Å². The van der Waals surface area contributed by atoms with Crippen molar-refractivity contribution in [2.24, 2.45) is 0 Å². The Labute approximate surface area is 152 Å². The van der Waals surface area contributed by atoms with Crippen LogP contribution in [-0.2, 0) is 9.59 Å². The van der Waals surface area contributed by atoms with Gasteiger partial charge < -0.3 is 20.1 Å². The van der Waals surface area contributed by atoms with Gasteiger partial charge in [-0.25, -0.2) is 0 Å². The number of carboxylic acid groups (broad SMARTS) is 1. The molecular weight excluding hydrogens is 370 g/mol. The quantitative estimate of drug-likeness (QED) is 0.557. The fourth-order valence-electron chi connectivity index (χ4n) is 2.13. The van der Waals surface area contributed by atoms with Gasteiger partial charge in [0.15, 0.2) is 0 Å². The molecule has 2 N–H and O–H groups in total. The summed E-state index contributed by atoms with van der Waals surface area (Å²) in [4.78, 5) is 25.2. The second-order valence-corrected chi connectivity index (χ2v) is 7.57. The second kappa shape index (κ2) is 7.91. The molecule has 1 fully saturated rings. The van der Waals surface area contributed by atoms with Crippen LogP contribution in [0.5, 0.6) is 11.5 Å². The number of hydrogen-bond donors (Lipinski definition) is 2. The van der Waals surface area contributed by atoms with Crippen molar-refractivity contribution in [3.63, 3.8) is 0 Å². The van der Waals surface area contributed by atoms with Crippen LogP contribution in [0.1, 0.15) is 12.0 Å². The van der Waals surface area contributed by atoms with Gasteiger partial charge in [-0.1, -0.05) is 24.0 Å². The van der Waals surface area contributed by atoms with Crippen LogP contribution in [0.4, 0.5) is 0 Å². The summed E-state index contributed by atoms with van der Waals surface area (Å²) < 4.78 is 0.139. The molecule has 1 aromatic rings. The minimum Gasteiger partial charge on any atom is -0.548 e. The molecule has 0 saturated carbocycles. The molecule has 1 aliphatic heterocycles. The first kappa shape index (κ1) is 18.6. The van der Waals surface area contributed by atoms with Crippen LogP contribution >= 0.6 is 35.7 Å². The summed E-state index contributed by atoms with van der Waals surface area (Å²) in [6.07, 6.45) is 3.48. The lowest BCUT2D eigenvalue weighted by molar-refractivity contribution is -0.310. The zero-order valence-electron chi connectivity index (χ0n) is 12.6. The molecule has 0 unspecified atom stereocenters. The number of amides is 1. The molecule has 1 heterocycles. The molecule has 6 nitrogen and oxygen atoms in total. The highest BCUT2D eigenvalue weighted by Crippen LogP contribution is 2.36. The molecule has 9 heteroatoms. The van der Waals surface area contributed by atoms with Crippen LogP contribution in [0.3, 0.4) is 0 Å². The van der Waals surface area contributed by atoms with Gasteiger partial charge in [-0.3, -0.25) is 9.69 Å². The Morgan fingerprint density at radius 3 is 2.79 bits per heavy atom. The Bertz CT molecular complexity index is 719. The van der Waals surface area contributed by atoms with Crippen LogP contribution in [0.15, 0.2) is 23.1 Å². The average molecular weight is 384 g/mol. The minimum absolute atomic E-state index is 0.105. The number of carbonyl (C=O) groups excluding carboxylic acids is 2. The fourth-order valence-corrected chi connectivity index (χ4v) is 3.93. The summed E-state index contributed by atoms with van der Waals surface area (Å²) in [5, 5.41) is 30.5. The number of thioether (sulfide) groups is 2. The number of phenols is 2. The van der Waals surface area contributed by atoms with Crippen molar-refractivity contribution in [3.8, 4) is 11.5 Å². The van der Waals surface area contributed by atoms with Crippen LogP contribution in [-0.4, -0.2) is 49.4 Å². The number of aliphatic carboxylic acids is 1. The predicted octanol–water partition coefficient (Wildman–Crippen LogP) is 1.17. The summed E-state index contributed by atoms with van der Waals surface area (Å²) in [7, 11) is 0. The van der Waals surface area contributed by atoms with Gasteiger partial charge in [0.05, 0.1) is 16.9 Å². The molecule has 0 aliphatic carbocycles. The Hall–Kier alpha value is -1.71. The maximum absolute atomic E-state index is 12.5. The van der Waals surface area contributed by atoms with E-state index in [9.17, 15) is 24.9 Å². The van der Waals surface area contributed by atoms with Crippen LogP contribution < -0.4 is 5.11 Å². The Balaban J connectivity index is 2.30. The molecule has 1 aliphatic rings. The van der Waals surface area contributed by atoms with Crippen LogP contribution in [0, 0.1) is 0 Å². The molecule has 0 aromatic heterocycles. The molecule has 1 amide bonds. The number of phenolic OH excluding ortho intramolecular Hbond substituents is 2. The third-order valence-corrected chi connectivity index (χ3v) is 5.28. The molecule has 0 radical (unpaired) electrons. The predicted molar refractivity (Wildman–Crippen MR) is 96.6 cm³/mol. The minimum atomic E-state index is -1.35. The van der Waals surface area contributed by atoms with Gasteiger partial charge in [-0.15, -0.1) is 0 Å². The molecule has 1 aromatic carbocycles. The monoisotopic (exact) mass is 384 g/mol. The Kier molecular flexibility index (Phi) is 6.14. The Morgan fingerprint density at radius 1 is 1.50 bits per heavy atom. The van der Waals surface area contributed by atoms with Gasteiger partial charge in [-0.2, -0.15) is 11.8 Å². The molecule has 1 saturated heterocycles. The summed E-state index contributed by atoms with van der Waals surface area (Å²) in [6, 6.07) is 2.84. The third kappa shape index (κ3) is 4.03. The van der Waals surface area contributed by atoms with Crippen molar-refractivity contribution in [1.29, 1.82) is 0 Å². The molecule has 128 valence electrons. The first-order chi connectivity index (χ1) is 11.3. The first-order valence-electron chi connectivity index (χ1n) is 6.84. The van der Waals surface area contributed by atoms with E-state index < -0.39 is 17.9 Å². The van der Waals surface area contributed by atoms with E-state index in [1.54, 1.807) is 0 Å². The van der Waals surface area contributed by atoms with Crippen LogP contribution in [0.2, 0.25) is 0 Å². The van der Waals surface area contributed by atoms with Crippen molar-refractivity contribution < 1.29 is 24.9 Å². The van der Waals surface area contributed by atoms with Crippen molar-refractivity contribution in [2.75, 3.05) is 12.0 Å². The van der Waals surface area contributed by atoms with Gasteiger partial charge in [0.25, 0.3) is 5.91 Å². The summed E-state index contributed by atoms with van der Waals surface area (Å²) >= 11 is 7.57. The van der Waals surface area contributed by atoms with Crippen molar-refractivity contribution in [2.45, 2.75) is 12.5 Å². The number of hydrogen-bond acceptors (Lipinski definition) is 8. The maximum atomic E-state index is 12.5. The van der Waals surface area contributed by atoms with E-state index >= 15 is 0 Å². The molecular formula is C15H14NO5S3-. The van der Waals surface area contributed by atoms with Crippen molar-refractivity contribution in [3.05, 3.63) is 28.7 Å². The number of aromatic hydroxyl groups is 2. The number of carboxylic acids is 1. The largest absolute Gasteiger partial charge is 0.548 e. The Morgan fingerprint density at radius 2 is 2.21 bits per heavy atom. The zero-order chi connectivity index (χ0) is 17.9. The zero-order valence-corrected chi connectivity index (χ0v) is 15.0. The second-order valence-electron chi connectivity index (χ2n) is 4.91. The van der Waals surface area contributed by atoms with Gasteiger partial charge in [-0.05, 0) is 36.6 Å². The number of rotatable bonds is 6. The van der Waals surface area contributed by atoms with E-state index in [-0.39, 0.29) is 27.1 Å². The van der Waals surface area contributed by atoms with Gasteiger partial charge in [0, 0.05) is 11.6 Å². The molecule has 24 heavy (non-hydrogen) atoms. The van der Waals surface area contributed by atoms with E-state index in [0.717, 1.165) is 22.7 Å². The average Bonchev–Trinajstić information content (AvgIpc) is 2.78. The van der Waals surface area contributed by atoms with Gasteiger partial charge >= 0.3 is 0 Å². The lowest BCUT2D eigenvalue weighted by Gasteiger charge is -2.27. The first-order valence-corrected chi connectivity index (χ1v) is 9.46. The lowest BCUT2D eigenvalue weighted by Crippen LogP contribution is -2.50. The third-order valence-electron chi connectivity index (χ3n) is 3.30. The number of benzene rings is 1. The smallest absolute Gasteiger partial charge is 0.266 e. The lowest BCUT2D eigenvalue weighted by atomic mass is 10.1. The summed E-state index contributed by atoms with van der Waals surface area (Å²) in [5.41, 5.74) is 0.322. The highest BCUT2D eigenvalue weighted by Gasteiger charge is 2.37. The topological polar surface area (TPSA) is 101 Å². The van der Waals surface area contributed by atoms with Gasteiger partial charge in [0.1, 0.15) is 15.8 Å². The van der Waals surface area contributed by atoms with Crippen molar-refractivity contribution >= 4 is 58.0 Å². The molecule has 2 rings (SSSR count). The highest BCUT2D eigenvalue weighted by molar-refractivity contribution is 8.26. The van der Waals surface area contributed by atoms with Crippen molar-refractivity contribution in [1.82, 2.24) is 4.90 Å². The fraction of sp³-hybridized carbons (Fsp3) is 0.267. The van der Waals surface area contributed by atoms with Crippen LogP contribution in [0.25, 0.3) is 6.08 Å². The number of thiocarbonyl (C=S) groups is 1. The summed E-state index contributed by atoms with van der Waals surface area (Å²) in [6.45, 7) is 0. The normalized spacial score (nSPS) is 17.5. The molecule has 0 bridgehead atoms. The maximum Gasteiger partial charge on any atom is 0.266 e. The van der Waals surface area contributed by atoms with E-state index in [1.807, 2.05) is 6.26 Å². The van der Waals surface area contributed by atoms with E-state index in [2.05, 4.69) is 0 Å². The molecule has 0 spiro atoms. The highest BCUT2D eigenvalue weighted by atomic mass is 32.2.